The molecule has 2 atom stereocenters. The Hall–Kier alpha value is -1.31. The maximum Gasteiger partial charge on any atom is 0.128 e. The van der Waals surface area contributed by atoms with Crippen molar-refractivity contribution in [3.8, 4) is 0 Å². The van der Waals surface area contributed by atoms with E-state index in [0.717, 1.165) is 5.69 Å². The number of hydrogen-bond donors (Lipinski definition) is 0. The van der Waals surface area contributed by atoms with Crippen molar-refractivity contribution < 1.29 is 0 Å². The zero-order valence-electron chi connectivity index (χ0n) is 17.3. The summed E-state index contributed by atoms with van der Waals surface area (Å²) in [5, 5.41) is 0. The van der Waals surface area contributed by atoms with E-state index in [4.69, 9.17) is 0 Å². The number of rotatable bonds is 6. The van der Waals surface area contributed by atoms with Crippen LogP contribution in [0.3, 0.4) is 0 Å². The minimum atomic E-state index is 0.586. The molecule has 1 aromatic rings. The van der Waals surface area contributed by atoms with Gasteiger partial charge in [0.05, 0.1) is 0 Å². The lowest BCUT2D eigenvalue weighted by Crippen LogP contribution is -2.17. The second-order valence-electron chi connectivity index (χ2n) is 7.79. The Bertz CT molecular complexity index is 464. The molecule has 133 valence electrons. The standard InChI is InChI=1S/C16H30B.C6H7N/c1-11(2)9-15(13(5)6)17-16(14(7)8)10-12(3)4;1-6-4-2-3-5-7-6/h9-10,13-16H,1-8H3;2-5H,1H3. The molecule has 0 aliphatic carbocycles. The molecule has 0 amide bonds. The van der Waals surface area contributed by atoms with Crippen molar-refractivity contribution in [2.75, 3.05) is 0 Å². The van der Waals surface area contributed by atoms with Crippen molar-refractivity contribution in [1.29, 1.82) is 0 Å². The molecule has 1 rings (SSSR count). The van der Waals surface area contributed by atoms with Crippen LogP contribution in [0.1, 0.15) is 61.1 Å². The SMILES string of the molecule is CC(C)=CC([B]C(C=C(C)C)C(C)C)C(C)C.Cc1ccccn1. The Kier molecular flexibility index (Phi) is 11.5. The molecule has 0 bridgehead atoms. The molecule has 0 aliphatic heterocycles. The van der Waals surface area contributed by atoms with Crippen molar-refractivity contribution >= 4 is 7.28 Å². The van der Waals surface area contributed by atoms with E-state index in [1.54, 1.807) is 6.20 Å². The summed E-state index contributed by atoms with van der Waals surface area (Å²) in [6, 6.07) is 5.86. The highest BCUT2D eigenvalue weighted by atomic mass is 14.6. The molecule has 2 unspecified atom stereocenters. The summed E-state index contributed by atoms with van der Waals surface area (Å²) >= 11 is 0. The number of nitrogens with zero attached hydrogens (tertiary/aromatic N) is 1. The largest absolute Gasteiger partial charge is 0.262 e. The minimum absolute atomic E-state index is 0.586. The minimum Gasteiger partial charge on any atom is -0.262 e. The van der Waals surface area contributed by atoms with Crippen LogP contribution in [0.2, 0.25) is 11.6 Å². The first-order valence-corrected chi connectivity index (χ1v) is 9.16. The highest BCUT2D eigenvalue weighted by Gasteiger charge is 2.20. The fraction of sp³-hybridized carbons (Fsp3) is 0.591. The number of allylic oxidation sites excluding steroid dienone is 4. The summed E-state index contributed by atoms with van der Waals surface area (Å²) in [7, 11) is 2.52. The van der Waals surface area contributed by atoms with Gasteiger partial charge in [0.1, 0.15) is 7.28 Å². The number of aryl methyl sites for hydroxylation is 1. The molecule has 0 saturated carbocycles. The van der Waals surface area contributed by atoms with Gasteiger partial charge in [-0.3, -0.25) is 4.98 Å². The van der Waals surface area contributed by atoms with Gasteiger partial charge < -0.3 is 0 Å². The molecule has 0 aromatic carbocycles. The second kappa shape index (κ2) is 12.1. The monoisotopic (exact) mass is 326 g/mol. The van der Waals surface area contributed by atoms with Crippen molar-refractivity contribution in [1.82, 2.24) is 4.98 Å². The zero-order chi connectivity index (χ0) is 18.7. The summed E-state index contributed by atoms with van der Waals surface area (Å²) in [6.45, 7) is 20.0. The van der Waals surface area contributed by atoms with Crippen LogP contribution in [0, 0.1) is 18.8 Å². The maximum atomic E-state index is 3.98. The Balaban J connectivity index is 0.000000620. The van der Waals surface area contributed by atoms with Crippen LogP contribution in [-0.4, -0.2) is 12.3 Å². The van der Waals surface area contributed by atoms with E-state index in [1.807, 2.05) is 25.1 Å². The molecule has 0 N–H and O–H groups in total. The van der Waals surface area contributed by atoms with Crippen molar-refractivity contribution in [3.05, 3.63) is 53.4 Å². The third-order valence-corrected chi connectivity index (χ3v) is 3.85. The van der Waals surface area contributed by atoms with Gasteiger partial charge in [-0.05, 0) is 70.2 Å². The number of pyridine rings is 1. The van der Waals surface area contributed by atoms with Crippen LogP contribution in [0.4, 0.5) is 0 Å². The highest BCUT2D eigenvalue weighted by molar-refractivity contribution is 6.41. The van der Waals surface area contributed by atoms with Gasteiger partial charge >= 0.3 is 0 Å². The summed E-state index contributed by atoms with van der Waals surface area (Å²) in [6.07, 6.45) is 6.59. The van der Waals surface area contributed by atoms with Crippen LogP contribution in [-0.2, 0) is 0 Å². The van der Waals surface area contributed by atoms with E-state index >= 15 is 0 Å². The van der Waals surface area contributed by atoms with Crippen LogP contribution >= 0.6 is 0 Å². The van der Waals surface area contributed by atoms with Crippen molar-refractivity contribution in [2.45, 2.75) is 73.9 Å². The maximum absolute atomic E-state index is 3.98. The molecule has 0 saturated heterocycles. The zero-order valence-corrected chi connectivity index (χ0v) is 17.3. The summed E-state index contributed by atoms with van der Waals surface area (Å²) in [5.74, 6) is 2.53. The fourth-order valence-electron chi connectivity index (χ4n) is 2.41. The molecule has 1 aromatic heterocycles. The third-order valence-electron chi connectivity index (χ3n) is 3.85. The van der Waals surface area contributed by atoms with E-state index in [-0.39, 0.29) is 0 Å². The summed E-state index contributed by atoms with van der Waals surface area (Å²) in [5.41, 5.74) is 3.90. The van der Waals surface area contributed by atoms with E-state index in [2.05, 4.69) is 79.8 Å². The first kappa shape index (κ1) is 22.7. The molecule has 1 nitrogen and oxygen atoms in total. The molecule has 2 heteroatoms. The van der Waals surface area contributed by atoms with E-state index in [0.29, 0.717) is 23.5 Å². The predicted octanol–water partition coefficient (Wildman–Crippen LogP) is 6.90. The van der Waals surface area contributed by atoms with Crippen molar-refractivity contribution in [3.63, 3.8) is 0 Å². The number of aromatic nitrogens is 1. The van der Waals surface area contributed by atoms with Gasteiger partial charge in [-0.2, -0.15) is 0 Å². The normalized spacial score (nSPS) is 12.8. The highest BCUT2D eigenvalue weighted by Crippen LogP contribution is 2.30. The van der Waals surface area contributed by atoms with Crippen LogP contribution in [0.25, 0.3) is 0 Å². The van der Waals surface area contributed by atoms with Crippen LogP contribution < -0.4 is 0 Å². The number of hydrogen-bond acceptors (Lipinski definition) is 1. The lowest BCUT2D eigenvalue weighted by Gasteiger charge is -2.24. The average molecular weight is 326 g/mol. The summed E-state index contributed by atoms with van der Waals surface area (Å²) in [4.78, 5) is 3.98. The second-order valence-corrected chi connectivity index (χ2v) is 7.79. The lowest BCUT2D eigenvalue weighted by atomic mass is 9.48. The molecule has 1 heterocycles. The van der Waals surface area contributed by atoms with Gasteiger partial charge in [-0.15, -0.1) is 0 Å². The van der Waals surface area contributed by atoms with Gasteiger partial charge in [-0.25, -0.2) is 0 Å². The smallest absolute Gasteiger partial charge is 0.128 e. The van der Waals surface area contributed by atoms with Gasteiger partial charge in [0, 0.05) is 11.9 Å². The summed E-state index contributed by atoms with van der Waals surface area (Å²) < 4.78 is 0. The molecule has 0 fully saturated rings. The lowest BCUT2D eigenvalue weighted by molar-refractivity contribution is 0.614. The van der Waals surface area contributed by atoms with E-state index in [1.165, 1.54) is 11.1 Å². The van der Waals surface area contributed by atoms with Gasteiger partial charge in [0.15, 0.2) is 0 Å². The quantitative estimate of drug-likeness (QED) is 0.409. The van der Waals surface area contributed by atoms with E-state index in [9.17, 15) is 0 Å². The Morgan fingerprint density at radius 2 is 1.33 bits per heavy atom. The first-order valence-electron chi connectivity index (χ1n) is 9.16. The van der Waals surface area contributed by atoms with Gasteiger partial charge in [0.2, 0.25) is 0 Å². The van der Waals surface area contributed by atoms with E-state index < -0.39 is 0 Å². The molecule has 0 spiro atoms. The van der Waals surface area contributed by atoms with Gasteiger partial charge in [-0.1, -0.05) is 57.1 Å². The fourth-order valence-corrected chi connectivity index (χ4v) is 2.41. The van der Waals surface area contributed by atoms with Crippen LogP contribution in [0.5, 0.6) is 0 Å². The molecular weight excluding hydrogens is 289 g/mol. The molecule has 24 heavy (non-hydrogen) atoms. The molecule has 0 aliphatic rings. The Morgan fingerprint density at radius 1 is 0.875 bits per heavy atom. The Morgan fingerprint density at radius 3 is 1.54 bits per heavy atom. The topological polar surface area (TPSA) is 12.9 Å². The average Bonchev–Trinajstić information content (AvgIpc) is 2.46. The van der Waals surface area contributed by atoms with Crippen molar-refractivity contribution in [2.24, 2.45) is 11.8 Å². The van der Waals surface area contributed by atoms with Crippen LogP contribution in [0.15, 0.2) is 47.7 Å². The third kappa shape index (κ3) is 11.3. The predicted molar refractivity (Wildman–Crippen MR) is 111 cm³/mol. The first-order chi connectivity index (χ1) is 11.1. The van der Waals surface area contributed by atoms with Gasteiger partial charge in [0.25, 0.3) is 0 Å². The molecule has 1 radical (unpaired) electrons. The Labute approximate surface area is 151 Å². The molecular formula is C22H37BN.